The van der Waals surface area contributed by atoms with E-state index in [2.05, 4.69) is 10.3 Å². The first-order valence-electron chi connectivity index (χ1n) is 8.29. The molecule has 6 heteroatoms. The van der Waals surface area contributed by atoms with Gasteiger partial charge in [0.2, 0.25) is 0 Å². The Bertz CT molecular complexity index is 919. The van der Waals surface area contributed by atoms with E-state index in [1.807, 2.05) is 39.0 Å². The fourth-order valence-corrected chi connectivity index (χ4v) is 3.31. The maximum absolute atomic E-state index is 12.2. The Morgan fingerprint density at radius 1 is 1.23 bits per heavy atom. The third-order valence-corrected chi connectivity index (χ3v) is 4.73. The molecule has 1 saturated heterocycles. The van der Waals surface area contributed by atoms with Crippen LogP contribution in [0.15, 0.2) is 46.3 Å². The van der Waals surface area contributed by atoms with Crippen molar-refractivity contribution in [2.75, 3.05) is 6.61 Å². The van der Waals surface area contributed by atoms with E-state index in [1.54, 1.807) is 24.3 Å². The molecule has 134 valence electrons. The number of hydrogen-bond acceptors (Lipinski definition) is 5. The molecule has 1 aliphatic heterocycles. The van der Waals surface area contributed by atoms with Gasteiger partial charge in [0.25, 0.3) is 5.91 Å². The maximum atomic E-state index is 12.2. The summed E-state index contributed by atoms with van der Waals surface area (Å²) in [7, 11) is 0. The highest BCUT2D eigenvalue weighted by Gasteiger charge is 2.24. The van der Waals surface area contributed by atoms with Crippen LogP contribution in [0, 0.1) is 13.8 Å². The smallest absolute Gasteiger partial charge is 0.264 e. The maximum Gasteiger partial charge on any atom is 0.264 e. The van der Waals surface area contributed by atoms with E-state index in [1.165, 1.54) is 11.8 Å². The summed E-state index contributed by atoms with van der Waals surface area (Å²) in [6.07, 6.45) is 1.76. The lowest BCUT2D eigenvalue weighted by atomic mass is 10.1. The number of phenols is 1. The van der Waals surface area contributed by atoms with E-state index in [4.69, 9.17) is 4.74 Å². The van der Waals surface area contributed by atoms with Crippen molar-refractivity contribution in [1.82, 2.24) is 5.32 Å². The summed E-state index contributed by atoms with van der Waals surface area (Å²) in [6.45, 7) is 6.30. The molecule has 0 atom stereocenters. The Kier molecular flexibility index (Phi) is 5.32. The van der Waals surface area contributed by atoms with Crippen molar-refractivity contribution in [2.24, 2.45) is 4.99 Å². The fourth-order valence-electron chi connectivity index (χ4n) is 2.47. The molecule has 1 aliphatic rings. The van der Waals surface area contributed by atoms with Gasteiger partial charge in [0.05, 0.1) is 17.2 Å². The van der Waals surface area contributed by atoms with Crippen LogP contribution in [0.3, 0.4) is 0 Å². The van der Waals surface area contributed by atoms with Gasteiger partial charge in [-0.2, -0.15) is 0 Å². The number of rotatable bonds is 4. The predicted molar refractivity (Wildman–Crippen MR) is 106 cm³/mol. The van der Waals surface area contributed by atoms with E-state index in [0.717, 1.165) is 22.4 Å². The van der Waals surface area contributed by atoms with Gasteiger partial charge in [0, 0.05) is 0 Å². The lowest BCUT2D eigenvalue weighted by Gasteiger charge is -2.06. The van der Waals surface area contributed by atoms with Crippen molar-refractivity contribution in [3.8, 4) is 11.5 Å². The first-order valence-corrected chi connectivity index (χ1v) is 9.10. The Labute approximate surface area is 156 Å². The summed E-state index contributed by atoms with van der Waals surface area (Å²) in [5.74, 6) is 0.286. The van der Waals surface area contributed by atoms with E-state index >= 15 is 0 Å². The molecule has 0 radical (unpaired) electrons. The molecule has 1 amide bonds. The average Bonchev–Trinajstić information content (AvgIpc) is 2.93. The minimum Gasteiger partial charge on any atom is -0.504 e. The Morgan fingerprint density at radius 2 is 2.04 bits per heavy atom. The van der Waals surface area contributed by atoms with Crippen LogP contribution in [-0.4, -0.2) is 22.8 Å². The van der Waals surface area contributed by atoms with Gasteiger partial charge in [-0.3, -0.25) is 4.79 Å². The molecular formula is C20H20N2O3S. The summed E-state index contributed by atoms with van der Waals surface area (Å²) in [4.78, 5) is 17.4. The molecular weight excluding hydrogens is 348 g/mol. The molecule has 0 aromatic heterocycles. The lowest BCUT2D eigenvalue weighted by molar-refractivity contribution is -0.115. The molecule has 0 saturated carbocycles. The molecule has 0 aliphatic carbocycles. The summed E-state index contributed by atoms with van der Waals surface area (Å²) in [5, 5.41) is 13.1. The lowest BCUT2D eigenvalue weighted by Crippen LogP contribution is -2.19. The van der Waals surface area contributed by atoms with Gasteiger partial charge in [0.1, 0.15) is 0 Å². The molecule has 0 spiro atoms. The van der Waals surface area contributed by atoms with Crippen LogP contribution in [0.2, 0.25) is 0 Å². The second-order valence-electron chi connectivity index (χ2n) is 5.93. The van der Waals surface area contributed by atoms with E-state index in [0.29, 0.717) is 22.4 Å². The normalized spacial score (nSPS) is 17.0. The largest absolute Gasteiger partial charge is 0.504 e. The van der Waals surface area contributed by atoms with Crippen molar-refractivity contribution in [3.05, 3.63) is 58.0 Å². The van der Waals surface area contributed by atoms with E-state index < -0.39 is 0 Å². The second kappa shape index (κ2) is 7.66. The standard InChI is InChI=1S/C20H20N2O3S/c1-4-25-17-10-14(7-8-16(17)23)11-18-19(24)22-20(26-18)21-15-9-12(2)5-6-13(15)3/h5-11,23H,4H2,1-3H3,(H,21,22,24). The summed E-state index contributed by atoms with van der Waals surface area (Å²) >= 11 is 1.29. The Hall–Kier alpha value is -2.73. The number of phenolic OH excluding ortho intramolecular Hbond substituents is 1. The number of benzene rings is 2. The number of nitrogens with one attached hydrogen (secondary N) is 1. The van der Waals surface area contributed by atoms with Crippen LogP contribution >= 0.6 is 11.8 Å². The number of hydrogen-bond donors (Lipinski definition) is 2. The van der Waals surface area contributed by atoms with Gasteiger partial charge >= 0.3 is 0 Å². The number of amidine groups is 1. The first kappa shape index (κ1) is 18.1. The van der Waals surface area contributed by atoms with Gasteiger partial charge < -0.3 is 15.2 Å². The quantitative estimate of drug-likeness (QED) is 0.790. The molecule has 0 bridgehead atoms. The van der Waals surface area contributed by atoms with Crippen LogP contribution in [0.5, 0.6) is 11.5 Å². The molecule has 5 nitrogen and oxygen atoms in total. The highest BCUT2D eigenvalue weighted by Crippen LogP contribution is 2.32. The van der Waals surface area contributed by atoms with Gasteiger partial charge in [-0.25, -0.2) is 4.99 Å². The number of aliphatic imine (C=N–C) groups is 1. The number of carbonyl (C=O) groups excluding carboxylic acids is 1. The minimum atomic E-state index is -0.190. The highest BCUT2D eigenvalue weighted by molar-refractivity contribution is 8.18. The molecule has 1 fully saturated rings. The molecule has 0 unspecified atom stereocenters. The van der Waals surface area contributed by atoms with Crippen molar-refractivity contribution >= 4 is 34.6 Å². The predicted octanol–water partition coefficient (Wildman–Crippen LogP) is 4.30. The van der Waals surface area contributed by atoms with Crippen LogP contribution in [0.1, 0.15) is 23.6 Å². The summed E-state index contributed by atoms with van der Waals surface area (Å²) < 4.78 is 5.38. The molecule has 26 heavy (non-hydrogen) atoms. The van der Waals surface area contributed by atoms with Crippen molar-refractivity contribution in [3.63, 3.8) is 0 Å². The number of aryl methyl sites for hydroxylation is 2. The molecule has 3 rings (SSSR count). The van der Waals surface area contributed by atoms with Crippen LogP contribution in [0.4, 0.5) is 5.69 Å². The average molecular weight is 368 g/mol. The number of carbonyl (C=O) groups is 1. The summed E-state index contributed by atoms with van der Waals surface area (Å²) in [6, 6.07) is 11.0. The zero-order chi connectivity index (χ0) is 18.7. The van der Waals surface area contributed by atoms with E-state index in [-0.39, 0.29) is 11.7 Å². The Morgan fingerprint density at radius 3 is 2.81 bits per heavy atom. The van der Waals surface area contributed by atoms with Gasteiger partial charge in [-0.15, -0.1) is 0 Å². The highest BCUT2D eigenvalue weighted by atomic mass is 32.2. The number of aromatic hydroxyl groups is 1. The summed E-state index contributed by atoms with van der Waals surface area (Å²) in [5.41, 5.74) is 3.79. The fraction of sp³-hybridized carbons (Fsp3) is 0.200. The first-order chi connectivity index (χ1) is 12.5. The second-order valence-corrected chi connectivity index (χ2v) is 6.96. The number of amides is 1. The molecule has 2 aromatic rings. The van der Waals surface area contributed by atoms with Gasteiger partial charge in [-0.05, 0) is 73.5 Å². The SMILES string of the molecule is CCOc1cc(C=C2SC(=Nc3cc(C)ccc3C)NC2=O)ccc1O. The topological polar surface area (TPSA) is 70.9 Å². The van der Waals surface area contributed by atoms with Crippen molar-refractivity contribution in [2.45, 2.75) is 20.8 Å². The van der Waals surface area contributed by atoms with Crippen molar-refractivity contribution < 1.29 is 14.6 Å². The van der Waals surface area contributed by atoms with Crippen molar-refractivity contribution in [1.29, 1.82) is 0 Å². The van der Waals surface area contributed by atoms with Crippen LogP contribution in [-0.2, 0) is 4.79 Å². The van der Waals surface area contributed by atoms with Crippen LogP contribution < -0.4 is 10.1 Å². The third-order valence-electron chi connectivity index (χ3n) is 3.82. The Balaban J connectivity index is 1.86. The third kappa shape index (κ3) is 4.08. The monoisotopic (exact) mass is 368 g/mol. The molecule has 2 aromatic carbocycles. The minimum absolute atomic E-state index is 0.0784. The van der Waals surface area contributed by atoms with Gasteiger partial charge in [-0.1, -0.05) is 18.2 Å². The van der Waals surface area contributed by atoms with E-state index in [9.17, 15) is 9.90 Å². The number of thioether (sulfide) groups is 1. The van der Waals surface area contributed by atoms with Crippen LogP contribution in [0.25, 0.3) is 6.08 Å². The van der Waals surface area contributed by atoms with Gasteiger partial charge in [0.15, 0.2) is 16.7 Å². The molecule has 2 N–H and O–H groups in total. The zero-order valence-electron chi connectivity index (χ0n) is 14.9. The number of ether oxygens (including phenoxy) is 1. The molecule has 1 heterocycles. The number of nitrogens with zero attached hydrogens (tertiary/aromatic N) is 1. The zero-order valence-corrected chi connectivity index (χ0v) is 15.7.